The summed E-state index contributed by atoms with van der Waals surface area (Å²) in [5, 5.41) is 6.73. The second-order valence-corrected chi connectivity index (χ2v) is 5.01. The van der Waals surface area contributed by atoms with Gasteiger partial charge in [-0.15, -0.1) is 11.3 Å². The lowest BCUT2D eigenvalue weighted by Crippen LogP contribution is -2.13. The Bertz CT molecular complexity index is 436. The zero-order valence-electron chi connectivity index (χ0n) is 10.1. The van der Waals surface area contributed by atoms with Crippen molar-refractivity contribution in [2.75, 3.05) is 6.54 Å². The zero-order chi connectivity index (χ0) is 11.9. The second kappa shape index (κ2) is 6.52. The van der Waals surface area contributed by atoms with E-state index < -0.39 is 0 Å². The first-order valence-electron chi connectivity index (χ1n) is 6.06. The number of thiazole rings is 1. The van der Waals surface area contributed by atoms with E-state index in [0.717, 1.165) is 25.2 Å². The van der Waals surface area contributed by atoms with Gasteiger partial charge in [-0.3, -0.25) is 0 Å². The number of nitrogens with one attached hydrogen (secondary N) is 1. The fraction of sp³-hybridized carbons (Fsp3) is 0.357. The molecule has 90 valence electrons. The first-order valence-corrected chi connectivity index (χ1v) is 6.94. The predicted octanol–water partition coefficient (Wildman–Crippen LogP) is 3.23. The highest BCUT2D eigenvalue weighted by Gasteiger charge is 2.02. The lowest BCUT2D eigenvalue weighted by atomic mass is 10.2. The predicted molar refractivity (Wildman–Crippen MR) is 73.4 cm³/mol. The molecule has 1 aromatic heterocycles. The van der Waals surface area contributed by atoms with Crippen LogP contribution in [-0.2, 0) is 13.0 Å². The first-order chi connectivity index (χ1) is 8.38. The molecule has 1 N–H and O–H groups in total. The third kappa shape index (κ3) is 3.95. The lowest BCUT2D eigenvalue weighted by Gasteiger charge is -1.99. The molecule has 17 heavy (non-hydrogen) atoms. The monoisotopic (exact) mass is 246 g/mol. The molecule has 2 aromatic rings. The van der Waals surface area contributed by atoms with Crippen LogP contribution in [0, 0.1) is 0 Å². The molecular weight excluding hydrogens is 228 g/mol. The average molecular weight is 246 g/mol. The molecule has 0 bridgehead atoms. The molecule has 3 heteroatoms. The summed E-state index contributed by atoms with van der Waals surface area (Å²) in [6, 6.07) is 10.5. The number of hydrogen-bond acceptors (Lipinski definition) is 3. The van der Waals surface area contributed by atoms with Crippen molar-refractivity contribution >= 4 is 11.3 Å². The number of aromatic nitrogens is 1. The molecule has 0 spiro atoms. The third-order valence-electron chi connectivity index (χ3n) is 2.53. The molecule has 2 nitrogen and oxygen atoms in total. The minimum absolute atomic E-state index is 0.888. The van der Waals surface area contributed by atoms with Gasteiger partial charge in [0.25, 0.3) is 0 Å². The fourth-order valence-electron chi connectivity index (χ4n) is 1.68. The smallest absolute Gasteiger partial charge is 0.0972 e. The molecule has 0 unspecified atom stereocenters. The summed E-state index contributed by atoms with van der Waals surface area (Å²) < 4.78 is 0. The summed E-state index contributed by atoms with van der Waals surface area (Å²) in [6.45, 7) is 4.12. The molecular formula is C14H18N2S. The van der Waals surface area contributed by atoms with Crippen molar-refractivity contribution in [1.29, 1.82) is 0 Å². The van der Waals surface area contributed by atoms with Gasteiger partial charge in [0.2, 0.25) is 0 Å². The third-order valence-corrected chi connectivity index (χ3v) is 3.43. The quantitative estimate of drug-likeness (QED) is 0.792. The molecule has 0 aliphatic carbocycles. The first kappa shape index (κ1) is 12.3. The SMILES string of the molecule is CCCNCc1csc(Cc2ccccc2)n1. The number of hydrogen-bond donors (Lipinski definition) is 1. The van der Waals surface area contributed by atoms with Gasteiger partial charge in [0, 0.05) is 18.3 Å². The second-order valence-electron chi connectivity index (χ2n) is 4.07. The molecule has 0 fully saturated rings. The van der Waals surface area contributed by atoms with E-state index in [0.29, 0.717) is 0 Å². The molecule has 0 amide bonds. The van der Waals surface area contributed by atoms with E-state index in [1.54, 1.807) is 11.3 Å². The van der Waals surface area contributed by atoms with E-state index in [2.05, 4.69) is 46.9 Å². The summed E-state index contributed by atoms with van der Waals surface area (Å²) in [5.41, 5.74) is 2.49. The Hall–Kier alpha value is -1.19. The van der Waals surface area contributed by atoms with Crippen LogP contribution in [0.3, 0.4) is 0 Å². The lowest BCUT2D eigenvalue weighted by molar-refractivity contribution is 0.665. The van der Waals surface area contributed by atoms with Crippen LogP contribution in [0.2, 0.25) is 0 Å². The molecule has 0 aliphatic rings. The van der Waals surface area contributed by atoms with Gasteiger partial charge in [0.15, 0.2) is 0 Å². The summed E-state index contributed by atoms with van der Waals surface area (Å²) in [4.78, 5) is 4.63. The van der Waals surface area contributed by atoms with Gasteiger partial charge in [-0.2, -0.15) is 0 Å². The summed E-state index contributed by atoms with van der Waals surface area (Å²) in [7, 11) is 0. The van der Waals surface area contributed by atoms with Gasteiger partial charge in [0.1, 0.15) is 0 Å². The highest BCUT2D eigenvalue weighted by atomic mass is 32.1. The molecule has 1 heterocycles. The minimum Gasteiger partial charge on any atom is -0.311 e. The highest BCUT2D eigenvalue weighted by molar-refractivity contribution is 7.09. The molecule has 1 aromatic carbocycles. The van der Waals surface area contributed by atoms with Crippen molar-refractivity contribution in [1.82, 2.24) is 10.3 Å². The molecule has 0 saturated heterocycles. The minimum atomic E-state index is 0.888. The van der Waals surface area contributed by atoms with Crippen molar-refractivity contribution in [2.45, 2.75) is 26.3 Å². The van der Waals surface area contributed by atoms with Crippen LogP contribution in [0.25, 0.3) is 0 Å². The Morgan fingerprint density at radius 3 is 2.82 bits per heavy atom. The van der Waals surface area contributed by atoms with Gasteiger partial charge < -0.3 is 5.32 Å². The van der Waals surface area contributed by atoms with Gasteiger partial charge >= 0.3 is 0 Å². The maximum absolute atomic E-state index is 4.63. The van der Waals surface area contributed by atoms with E-state index in [-0.39, 0.29) is 0 Å². The summed E-state index contributed by atoms with van der Waals surface area (Å²) in [6.07, 6.45) is 2.11. The normalized spacial score (nSPS) is 10.6. The van der Waals surface area contributed by atoms with Gasteiger partial charge in [-0.1, -0.05) is 37.3 Å². The van der Waals surface area contributed by atoms with Crippen molar-refractivity contribution in [3.63, 3.8) is 0 Å². The Labute approximate surface area is 107 Å². The average Bonchev–Trinajstić information content (AvgIpc) is 2.79. The van der Waals surface area contributed by atoms with Crippen LogP contribution in [0.15, 0.2) is 35.7 Å². The van der Waals surface area contributed by atoms with Crippen LogP contribution < -0.4 is 5.32 Å². The van der Waals surface area contributed by atoms with Gasteiger partial charge in [0.05, 0.1) is 10.7 Å². The molecule has 0 atom stereocenters. The molecule has 0 aliphatic heterocycles. The largest absolute Gasteiger partial charge is 0.311 e. The summed E-state index contributed by atoms with van der Waals surface area (Å²) in [5.74, 6) is 0. The van der Waals surface area contributed by atoms with Crippen LogP contribution in [-0.4, -0.2) is 11.5 Å². The topological polar surface area (TPSA) is 24.9 Å². The van der Waals surface area contributed by atoms with E-state index >= 15 is 0 Å². The van der Waals surface area contributed by atoms with E-state index in [1.165, 1.54) is 17.0 Å². The van der Waals surface area contributed by atoms with Crippen molar-refractivity contribution in [2.24, 2.45) is 0 Å². The fourth-order valence-corrected chi connectivity index (χ4v) is 2.50. The van der Waals surface area contributed by atoms with Gasteiger partial charge in [-0.25, -0.2) is 4.98 Å². The Morgan fingerprint density at radius 1 is 1.24 bits per heavy atom. The highest BCUT2D eigenvalue weighted by Crippen LogP contribution is 2.14. The Morgan fingerprint density at radius 2 is 2.06 bits per heavy atom. The van der Waals surface area contributed by atoms with Crippen molar-refractivity contribution in [3.05, 3.63) is 52.0 Å². The van der Waals surface area contributed by atoms with E-state index in [9.17, 15) is 0 Å². The Kier molecular flexibility index (Phi) is 4.71. The van der Waals surface area contributed by atoms with Crippen LogP contribution >= 0.6 is 11.3 Å². The maximum atomic E-state index is 4.63. The van der Waals surface area contributed by atoms with E-state index in [1.807, 2.05) is 6.07 Å². The number of benzene rings is 1. The molecule has 2 rings (SSSR count). The van der Waals surface area contributed by atoms with Crippen LogP contribution in [0.5, 0.6) is 0 Å². The van der Waals surface area contributed by atoms with Crippen LogP contribution in [0.4, 0.5) is 0 Å². The summed E-state index contributed by atoms with van der Waals surface area (Å²) >= 11 is 1.75. The Balaban J connectivity index is 1.90. The number of nitrogens with zero attached hydrogens (tertiary/aromatic N) is 1. The number of rotatable bonds is 6. The van der Waals surface area contributed by atoms with Gasteiger partial charge in [-0.05, 0) is 18.5 Å². The zero-order valence-corrected chi connectivity index (χ0v) is 11.0. The van der Waals surface area contributed by atoms with E-state index in [4.69, 9.17) is 0 Å². The van der Waals surface area contributed by atoms with Crippen molar-refractivity contribution in [3.8, 4) is 0 Å². The van der Waals surface area contributed by atoms with Crippen molar-refractivity contribution < 1.29 is 0 Å². The molecule has 0 radical (unpaired) electrons. The molecule has 0 saturated carbocycles. The standard InChI is InChI=1S/C14H18N2S/c1-2-8-15-10-13-11-17-14(16-13)9-12-6-4-3-5-7-12/h3-7,11,15H,2,8-10H2,1H3. The maximum Gasteiger partial charge on any atom is 0.0972 e. The van der Waals surface area contributed by atoms with Crippen LogP contribution in [0.1, 0.15) is 29.6 Å².